The van der Waals surface area contributed by atoms with Crippen molar-refractivity contribution in [3.8, 4) is 0 Å². The number of nitrogens with zero attached hydrogens (tertiary/aromatic N) is 2. The van der Waals surface area contributed by atoms with Gasteiger partial charge in [-0.2, -0.15) is 18.3 Å². The molecule has 1 rings (SSSR count). The van der Waals surface area contributed by atoms with Crippen molar-refractivity contribution in [2.45, 2.75) is 26.1 Å². The number of halogens is 3. The van der Waals surface area contributed by atoms with Gasteiger partial charge in [0.2, 0.25) is 0 Å². The molecule has 0 radical (unpaired) electrons. The van der Waals surface area contributed by atoms with Crippen LogP contribution in [0.25, 0.3) is 0 Å². The lowest BCUT2D eigenvalue weighted by Crippen LogP contribution is -2.21. The summed E-state index contributed by atoms with van der Waals surface area (Å²) in [6, 6.07) is -0.504. The first-order chi connectivity index (χ1) is 7.27. The smallest absolute Gasteiger partial charge is 0.300 e. The lowest BCUT2D eigenvalue weighted by molar-refractivity contribution is -0.142. The van der Waals surface area contributed by atoms with E-state index in [1.54, 1.807) is 0 Å². The first-order valence-corrected chi connectivity index (χ1v) is 4.36. The highest BCUT2D eigenvalue weighted by Gasteiger charge is 2.35. The third kappa shape index (κ3) is 2.29. The Kier molecular flexibility index (Phi) is 3.16. The fourth-order valence-electron chi connectivity index (χ4n) is 1.23. The van der Waals surface area contributed by atoms with E-state index in [1.807, 2.05) is 0 Å². The van der Waals surface area contributed by atoms with Crippen LogP contribution < -0.4 is 0 Å². The fraction of sp³-hybridized carbons (Fsp3) is 0.444. The highest BCUT2D eigenvalue weighted by Crippen LogP contribution is 2.29. The quantitative estimate of drug-likeness (QED) is 0.588. The van der Waals surface area contributed by atoms with E-state index in [4.69, 9.17) is 0 Å². The fourth-order valence-corrected chi connectivity index (χ4v) is 1.23. The van der Waals surface area contributed by atoms with Gasteiger partial charge >= 0.3 is 6.18 Å². The van der Waals surface area contributed by atoms with Crippen molar-refractivity contribution in [2.75, 3.05) is 0 Å². The van der Waals surface area contributed by atoms with Crippen LogP contribution in [-0.2, 0) is 15.8 Å². The molecule has 1 unspecified atom stereocenters. The summed E-state index contributed by atoms with van der Waals surface area (Å²) >= 11 is 0. The highest BCUT2D eigenvalue weighted by molar-refractivity contribution is 5.93. The maximum absolute atomic E-state index is 12.3. The largest absolute Gasteiger partial charge is 0.435 e. The lowest BCUT2D eigenvalue weighted by Gasteiger charge is -2.09. The number of carbonyl (C=O) groups excluding carboxylic acids is 2. The molecule has 0 aliphatic heterocycles. The van der Waals surface area contributed by atoms with Crippen LogP contribution >= 0.6 is 0 Å². The molecule has 0 saturated heterocycles. The van der Waals surface area contributed by atoms with Gasteiger partial charge in [-0.05, 0) is 19.9 Å². The molecule has 0 aliphatic rings. The monoisotopic (exact) mass is 234 g/mol. The third-order valence-corrected chi connectivity index (χ3v) is 2.02. The number of rotatable bonds is 3. The van der Waals surface area contributed by atoms with E-state index < -0.39 is 23.7 Å². The average molecular weight is 234 g/mol. The number of aldehydes is 1. The van der Waals surface area contributed by atoms with Crippen LogP contribution in [0.4, 0.5) is 13.2 Å². The number of hydrogen-bond acceptors (Lipinski definition) is 3. The number of aryl methyl sites for hydroxylation is 1. The minimum Gasteiger partial charge on any atom is -0.300 e. The Hall–Kier alpha value is -1.66. The topological polar surface area (TPSA) is 52.0 Å². The Bertz CT molecular complexity index is 423. The van der Waals surface area contributed by atoms with Crippen molar-refractivity contribution in [1.29, 1.82) is 0 Å². The van der Waals surface area contributed by atoms with Crippen molar-refractivity contribution < 1.29 is 22.8 Å². The molecule has 0 bridgehead atoms. The van der Waals surface area contributed by atoms with Gasteiger partial charge in [0.15, 0.2) is 23.8 Å². The van der Waals surface area contributed by atoms with Gasteiger partial charge in [-0.15, -0.1) is 0 Å². The summed E-state index contributed by atoms with van der Waals surface area (Å²) in [5.74, 6) is -0.560. The lowest BCUT2D eigenvalue weighted by atomic mass is 10.2. The molecule has 0 amide bonds. The number of hydrogen-bond donors (Lipinski definition) is 0. The van der Waals surface area contributed by atoms with E-state index in [-0.39, 0.29) is 12.0 Å². The number of Topliss-reactive ketones (excluding diaryl/α,β-unsaturated/α-hetero) is 1. The van der Waals surface area contributed by atoms with E-state index in [9.17, 15) is 22.8 Å². The van der Waals surface area contributed by atoms with E-state index in [0.29, 0.717) is 0 Å². The van der Waals surface area contributed by atoms with Crippen molar-refractivity contribution in [1.82, 2.24) is 9.78 Å². The van der Waals surface area contributed by atoms with Crippen molar-refractivity contribution in [2.24, 2.45) is 0 Å². The van der Waals surface area contributed by atoms with Crippen LogP contribution in [0.2, 0.25) is 0 Å². The standard InChI is InChI=1S/C9H9F3N2O2/c1-5-3-8(9(10,11)12)13-14(5)7(4-15)6(2)16/h3-4,7H,1-2H3. The van der Waals surface area contributed by atoms with Crippen LogP contribution in [0.15, 0.2) is 6.07 Å². The van der Waals surface area contributed by atoms with Crippen LogP contribution in [0.1, 0.15) is 24.4 Å². The zero-order chi connectivity index (χ0) is 12.5. The molecule has 1 aromatic rings. The molecule has 1 atom stereocenters. The van der Waals surface area contributed by atoms with Crippen molar-refractivity contribution >= 4 is 12.1 Å². The molecule has 0 aliphatic carbocycles. The van der Waals surface area contributed by atoms with Crippen LogP contribution in [0.5, 0.6) is 0 Å². The van der Waals surface area contributed by atoms with Gasteiger partial charge < -0.3 is 4.79 Å². The summed E-state index contributed by atoms with van der Waals surface area (Å²) in [4.78, 5) is 21.6. The van der Waals surface area contributed by atoms with Gasteiger partial charge in [0.25, 0.3) is 0 Å². The van der Waals surface area contributed by atoms with Gasteiger partial charge in [0.05, 0.1) is 0 Å². The second kappa shape index (κ2) is 4.07. The average Bonchev–Trinajstić information content (AvgIpc) is 2.48. The summed E-state index contributed by atoms with van der Waals surface area (Å²) < 4.78 is 37.7. The Morgan fingerprint density at radius 3 is 2.44 bits per heavy atom. The molecule has 0 fully saturated rings. The van der Waals surface area contributed by atoms with E-state index >= 15 is 0 Å². The molecule has 0 saturated carbocycles. The van der Waals surface area contributed by atoms with Gasteiger partial charge in [0, 0.05) is 5.69 Å². The summed E-state index contributed by atoms with van der Waals surface area (Å²) in [5.41, 5.74) is -1.00. The summed E-state index contributed by atoms with van der Waals surface area (Å²) in [5, 5.41) is 3.21. The summed E-state index contributed by atoms with van der Waals surface area (Å²) in [6.07, 6.45) is -4.32. The molecule has 16 heavy (non-hydrogen) atoms. The molecular weight excluding hydrogens is 225 g/mol. The molecule has 88 valence electrons. The second-order valence-corrected chi connectivity index (χ2v) is 3.30. The first-order valence-electron chi connectivity index (χ1n) is 4.36. The van der Waals surface area contributed by atoms with Crippen molar-refractivity contribution in [3.63, 3.8) is 0 Å². The Morgan fingerprint density at radius 1 is 1.56 bits per heavy atom. The molecule has 1 aromatic heterocycles. The number of aromatic nitrogens is 2. The van der Waals surface area contributed by atoms with E-state index in [0.717, 1.165) is 17.7 Å². The molecule has 1 heterocycles. The Morgan fingerprint density at radius 2 is 2.12 bits per heavy atom. The van der Waals surface area contributed by atoms with E-state index in [1.165, 1.54) is 6.92 Å². The minimum absolute atomic E-state index is 0.111. The van der Waals surface area contributed by atoms with Gasteiger partial charge in [-0.1, -0.05) is 0 Å². The third-order valence-electron chi connectivity index (χ3n) is 2.02. The molecule has 0 aromatic carbocycles. The Labute approximate surface area is 89.0 Å². The van der Waals surface area contributed by atoms with Gasteiger partial charge in [-0.3, -0.25) is 9.48 Å². The maximum Gasteiger partial charge on any atom is 0.435 e. The highest BCUT2D eigenvalue weighted by atomic mass is 19.4. The van der Waals surface area contributed by atoms with Crippen LogP contribution in [-0.4, -0.2) is 21.8 Å². The number of carbonyl (C=O) groups is 2. The molecule has 4 nitrogen and oxygen atoms in total. The second-order valence-electron chi connectivity index (χ2n) is 3.30. The normalized spacial score (nSPS) is 13.6. The zero-order valence-corrected chi connectivity index (χ0v) is 8.58. The minimum atomic E-state index is -4.58. The van der Waals surface area contributed by atoms with Crippen LogP contribution in [0, 0.1) is 6.92 Å². The molecule has 0 N–H and O–H groups in total. The Balaban J connectivity index is 3.20. The SMILES string of the molecule is CC(=O)C(C=O)n1nc(C(F)(F)F)cc1C. The summed E-state index contributed by atoms with van der Waals surface area (Å²) in [6.45, 7) is 2.47. The zero-order valence-electron chi connectivity index (χ0n) is 8.58. The van der Waals surface area contributed by atoms with Gasteiger partial charge in [-0.25, -0.2) is 0 Å². The summed E-state index contributed by atoms with van der Waals surface area (Å²) in [7, 11) is 0. The number of ketones is 1. The van der Waals surface area contributed by atoms with E-state index in [2.05, 4.69) is 5.10 Å². The van der Waals surface area contributed by atoms with Gasteiger partial charge in [0.1, 0.15) is 0 Å². The molecule has 7 heteroatoms. The maximum atomic E-state index is 12.3. The number of alkyl halides is 3. The molecular formula is C9H9F3N2O2. The van der Waals surface area contributed by atoms with Crippen LogP contribution in [0.3, 0.4) is 0 Å². The van der Waals surface area contributed by atoms with Crippen molar-refractivity contribution in [3.05, 3.63) is 17.5 Å². The molecule has 0 spiro atoms. The predicted molar refractivity (Wildman–Crippen MR) is 47.7 cm³/mol. The first kappa shape index (κ1) is 12.4. The predicted octanol–water partition coefficient (Wildman–Crippen LogP) is 1.54.